The molecule has 0 spiro atoms. The minimum Gasteiger partial charge on any atom is -0.481 e. The Morgan fingerprint density at radius 2 is 2.12 bits per heavy atom. The average Bonchev–Trinajstić information content (AvgIpc) is 3.21. The quantitative estimate of drug-likeness (QED) is 0.892. The molecule has 2 N–H and O–H groups in total. The monoisotopic (exact) mass is 345 g/mol. The van der Waals surface area contributed by atoms with Crippen molar-refractivity contribution in [2.75, 3.05) is 13.1 Å². The largest absolute Gasteiger partial charge is 0.481 e. The maximum absolute atomic E-state index is 12.2. The highest BCUT2D eigenvalue weighted by molar-refractivity contribution is 7.15. The van der Waals surface area contributed by atoms with Crippen LogP contribution in [0.4, 0.5) is 4.79 Å². The third kappa shape index (κ3) is 3.56. The minimum atomic E-state index is -0.837. The van der Waals surface area contributed by atoms with Crippen molar-refractivity contribution in [3.63, 3.8) is 0 Å². The van der Waals surface area contributed by atoms with E-state index in [4.69, 9.17) is 5.11 Å². The Morgan fingerprint density at radius 3 is 2.79 bits per heavy atom. The van der Waals surface area contributed by atoms with E-state index in [0.29, 0.717) is 19.5 Å². The number of aliphatic carboxylic acids is 1. The molecule has 24 heavy (non-hydrogen) atoms. The number of nitrogens with one attached hydrogen (secondary N) is 1. The van der Waals surface area contributed by atoms with E-state index in [9.17, 15) is 9.59 Å². The number of carbonyl (C=O) groups is 2. The number of nitrogens with zero attached hydrogens (tertiary/aromatic N) is 2. The van der Waals surface area contributed by atoms with E-state index < -0.39 is 11.9 Å². The molecule has 126 valence electrons. The summed E-state index contributed by atoms with van der Waals surface area (Å²) in [5.74, 6) is -1.29. The molecule has 1 fully saturated rings. The van der Waals surface area contributed by atoms with E-state index in [1.54, 1.807) is 16.2 Å². The number of benzene rings is 1. The first kappa shape index (κ1) is 16.4. The summed E-state index contributed by atoms with van der Waals surface area (Å²) >= 11 is 1.56. The molecule has 0 aliphatic carbocycles. The number of likely N-dealkylation sites (tertiary alicyclic amines) is 1. The first-order chi connectivity index (χ1) is 11.5. The fourth-order valence-electron chi connectivity index (χ4n) is 2.71. The maximum Gasteiger partial charge on any atom is 0.317 e. The van der Waals surface area contributed by atoms with Crippen LogP contribution in [0.1, 0.15) is 17.0 Å². The second kappa shape index (κ2) is 7.00. The molecule has 0 bridgehead atoms. The zero-order chi connectivity index (χ0) is 17.1. The van der Waals surface area contributed by atoms with Crippen LogP contribution in [0.2, 0.25) is 0 Å². The van der Waals surface area contributed by atoms with Crippen molar-refractivity contribution >= 4 is 23.3 Å². The van der Waals surface area contributed by atoms with Crippen LogP contribution in [0.25, 0.3) is 10.6 Å². The van der Waals surface area contributed by atoms with Gasteiger partial charge in [0.05, 0.1) is 18.2 Å². The van der Waals surface area contributed by atoms with E-state index >= 15 is 0 Å². The fourth-order valence-corrected chi connectivity index (χ4v) is 3.72. The molecular formula is C17H19N3O3S. The van der Waals surface area contributed by atoms with E-state index in [1.165, 1.54) is 0 Å². The Bertz CT molecular complexity index is 745. The fraction of sp³-hybridized carbons (Fsp3) is 0.353. The third-order valence-electron chi connectivity index (χ3n) is 4.14. The molecule has 6 nitrogen and oxygen atoms in total. The van der Waals surface area contributed by atoms with E-state index in [2.05, 4.69) is 10.3 Å². The van der Waals surface area contributed by atoms with E-state index in [1.807, 2.05) is 37.3 Å². The number of aryl methyl sites for hydroxylation is 1. The zero-order valence-corrected chi connectivity index (χ0v) is 14.2. The lowest BCUT2D eigenvalue weighted by molar-refractivity contribution is -0.141. The van der Waals surface area contributed by atoms with Gasteiger partial charge in [-0.25, -0.2) is 9.78 Å². The summed E-state index contributed by atoms with van der Waals surface area (Å²) in [5.41, 5.74) is 1.97. The summed E-state index contributed by atoms with van der Waals surface area (Å²) in [6, 6.07) is 9.71. The van der Waals surface area contributed by atoms with Crippen molar-refractivity contribution in [1.82, 2.24) is 15.2 Å². The lowest BCUT2D eigenvalue weighted by Crippen LogP contribution is -2.38. The van der Waals surface area contributed by atoms with Gasteiger partial charge in [0.15, 0.2) is 0 Å². The molecule has 1 atom stereocenters. The zero-order valence-electron chi connectivity index (χ0n) is 13.4. The van der Waals surface area contributed by atoms with Gasteiger partial charge >= 0.3 is 12.0 Å². The standard InChI is InChI=1S/C17H19N3O3S/c1-11-14(24-15(19-11)12-5-3-2-4-6-12)9-18-17(23)20-8-7-13(10-20)16(21)22/h2-6,13H,7-10H2,1H3,(H,18,23)(H,21,22). The smallest absolute Gasteiger partial charge is 0.317 e. The van der Waals surface area contributed by atoms with Crippen LogP contribution in [0, 0.1) is 12.8 Å². The molecule has 1 unspecified atom stereocenters. The number of carbonyl (C=O) groups excluding carboxylic acids is 1. The van der Waals surface area contributed by atoms with Crippen molar-refractivity contribution < 1.29 is 14.7 Å². The van der Waals surface area contributed by atoms with Crippen LogP contribution in [-0.4, -0.2) is 40.1 Å². The predicted molar refractivity (Wildman–Crippen MR) is 91.8 cm³/mol. The van der Waals surface area contributed by atoms with E-state index in [-0.39, 0.29) is 12.6 Å². The Hall–Kier alpha value is -2.41. The topological polar surface area (TPSA) is 82.5 Å². The van der Waals surface area contributed by atoms with Gasteiger partial charge in [0.1, 0.15) is 5.01 Å². The van der Waals surface area contributed by atoms with Gasteiger partial charge in [0.2, 0.25) is 0 Å². The van der Waals surface area contributed by atoms with Gasteiger partial charge in [-0.2, -0.15) is 0 Å². The van der Waals surface area contributed by atoms with Gasteiger partial charge in [-0.15, -0.1) is 11.3 Å². The van der Waals surface area contributed by atoms with Crippen LogP contribution in [-0.2, 0) is 11.3 Å². The lowest BCUT2D eigenvalue weighted by atomic mass is 10.1. The van der Waals surface area contributed by atoms with Crippen LogP contribution >= 0.6 is 11.3 Å². The Kier molecular flexibility index (Phi) is 4.80. The number of hydrogen-bond donors (Lipinski definition) is 2. The molecule has 1 aromatic carbocycles. The number of hydrogen-bond acceptors (Lipinski definition) is 4. The molecule has 2 aromatic rings. The second-order valence-electron chi connectivity index (χ2n) is 5.82. The summed E-state index contributed by atoms with van der Waals surface area (Å²) in [6.07, 6.45) is 0.514. The van der Waals surface area contributed by atoms with Crippen molar-refractivity contribution in [1.29, 1.82) is 0 Å². The Labute approximate surface area is 144 Å². The molecule has 1 aromatic heterocycles. The highest BCUT2D eigenvalue weighted by atomic mass is 32.1. The summed E-state index contributed by atoms with van der Waals surface area (Å²) in [6.45, 7) is 3.10. The number of carboxylic acid groups (broad SMARTS) is 1. The van der Waals surface area contributed by atoms with Gasteiger partial charge in [-0.1, -0.05) is 30.3 Å². The van der Waals surface area contributed by atoms with Crippen molar-refractivity contribution in [2.24, 2.45) is 5.92 Å². The Balaban J connectivity index is 1.60. The Morgan fingerprint density at radius 1 is 1.38 bits per heavy atom. The number of aromatic nitrogens is 1. The molecule has 2 amide bonds. The summed E-state index contributed by atoms with van der Waals surface area (Å²) in [7, 11) is 0. The highest BCUT2D eigenvalue weighted by Gasteiger charge is 2.30. The lowest BCUT2D eigenvalue weighted by Gasteiger charge is -2.16. The first-order valence-electron chi connectivity index (χ1n) is 7.82. The number of thiazole rings is 1. The van der Waals surface area contributed by atoms with E-state index in [0.717, 1.165) is 21.1 Å². The molecule has 7 heteroatoms. The number of amides is 2. The van der Waals surface area contributed by atoms with Crippen molar-refractivity contribution in [3.8, 4) is 10.6 Å². The SMILES string of the molecule is Cc1nc(-c2ccccc2)sc1CNC(=O)N1CCC(C(=O)O)C1. The van der Waals surface area contributed by atoms with Gasteiger partial charge in [-0.3, -0.25) is 4.79 Å². The molecule has 0 saturated carbocycles. The molecule has 1 aliphatic heterocycles. The first-order valence-corrected chi connectivity index (χ1v) is 8.63. The minimum absolute atomic E-state index is 0.215. The van der Waals surface area contributed by atoms with Gasteiger partial charge < -0.3 is 15.3 Å². The van der Waals surface area contributed by atoms with Crippen LogP contribution in [0.3, 0.4) is 0 Å². The molecule has 3 rings (SSSR count). The molecule has 2 heterocycles. The summed E-state index contributed by atoms with van der Waals surface area (Å²) in [4.78, 5) is 30.3. The van der Waals surface area contributed by atoms with Gasteiger partial charge in [-0.05, 0) is 13.3 Å². The molecular weight excluding hydrogens is 326 g/mol. The average molecular weight is 345 g/mol. The molecule has 1 aliphatic rings. The maximum atomic E-state index is 12.2. The predicted octanol–water partition coefficient (Wildman–Crippen LogP) is 2.73. The third-order valence-corrected chi connectivity index (χ3v) is 5.34. The molecule has 0 radical (unpaired) electrons. The van der Waals surface area contributed by atoms with Gasteiger partial charge in [0, 0.05) is 23.5 Å². The van der Waals surface area contributed by atoms with Crippen molar-refractivity contribution in [3.05, 3.63) is 40.9 Å². The van der Waals surface area contributed by atoms with Gasteiger partial charge in [0.25, 0.3) is 0 Å². The van der Waals surface area contributed by atoms with Crippen LogP contribution in [0.5, 0.6) is 0 Å². The van der Waals surface area contributed by atoms with Crippen LogP contribution in [0.15, 0.2) is 30.3 Å². The summed E-state index contributed by atoms with van der Waals surface area (Å²) in [5, 5.41) is 12.8. The number of rotatable bonds is 4. The van der Waals surface area contributed by atoms with Crippen LogP contribution < -0.4 is 5.32 Å². The second-order valence-corrected chi connectivity index (χ2v) is 6.91. The summed E-state index contributed by atoms with van der Waals surface area (Å²) < 4.78 is 0. The molecule has 1 saturated heterocycles. The number of urea groups is 1. The van der Waals surface area contributed by atoms with Crippen molar-refractivity contribution in [2.45, 2.75) is 19.9 Å². The normalized spacial score (nSPS) is 17.0. The number of carboxylic acids is 1. The highest BCUT2D eigenvalue weighted by Crippen LogP contribution is 2.27.